The summed E-state index contributed by atoms with van der Waals surface area (Å²) >= 11 is 0. The van der Waals surface area contributed by atoms with Gasteiger partial charge in [-0.3, -0.25) is 0 Å². The van der Waals surface area contributed by atoms with E-state index in [4.69, 9.17) is 0 Å². The van der Waals surface area contributed by atoms with Gasteiger partial charge < -0.3 is 10.2 Å². The lowest BCUT2D eigenvalue weighted by Gasteiger charge is -2.33. The van der Waals surface area contributed by atoms with Crippen molar-refractivity contribution in [2.24, 2.45) is 0 Å². The fourth-order valence-electron chi connectivity index (χ4n) is 2.56. The third kappa shape index (κ3) is 2.49. The Balaban J connectivity index is 2.09. The van der Waals surface area contributed by atoms with Gasteiger partial charge in [0.05, 0.1) is 0 Å². The Morgan fingerprint density at radius 1 is 1.19 bits per heavy atom. The van der Waals surface area contributed by atoms with Crippen molar-refractivity contribution in [1.82, 2.24) is 0 Å². The summed E-state index contributed by atoms with van der Waals surface area (Å²) in [4.78, 5) is 2.44. The second kappa shape index (κ2) is 5.24. The van der Waals surface area contributed by atoms with Crippen LogP contribution in [0.2, 0.25) is 0 Å². The lowest BCUT2D eigenvalue weighted by atomic mass is 9.94. The lowest BCUT2D eigenvalue weighted by Crippen LogP contribution is -2.33. The molecule has 1 aliphatic carbocycles. The van der Waals surface area contributed by atoms with Crippen LogP contribution in [-0.4, -0.2) is 20.1 Å². The molecule has 1 N–H and O–H groups in total. The van der Waals surface area contributed by atoms with Gasteiger partial charge in [0.1, 0.15) is 0 Å². The van der Waals surface area contributed by atoms with E-state index < -0.39 is 0 Å². The van der Waals surface area contributed by atoms with E-state index in [0.717, 1.165) is 6.04 Å². The van der Waals surface area contributed by atoms with Crippen molar-refractivity contribution in [3.63, 3.8) is 0 Å². The van der Waals surface area contributed by atoms with Crippen LogP contribution in [0.3, 0.4) is 0 Å². The van der Waals surface area contributed by atoms with Crippen molar-refractivity contribution in [2.45, 2.75) is 38.1 Å². The topological polar surface area (TPSA) is 15.3 Å². The molecule has 0 aliphatic heterocycles. The van der Waals surface area contributed by atoms with Crippen LogP contribution in [-0.2, 0) is 0 Å². The van der Waals surface area contributed by atoms with Crippen LogP contribution in [0.15, 0.2) is 24.3 Å². The zero-order chi connectivity index (χ0) is 11.4. The summed E-state index contributed by atoms with van der Waals surface area (Å²) in [5.41, 5.74) is 2.53. The number of benzene rings is 1. The molecule has 0 amide bonds. The highest BCUT2D eigenvalue weighted by atomic mass is 15.1. The van der Waals surface area contributed by atoms with Crippen LogP contribution >= 0.6 is 0 Å². The number of hydrogen-bond acceptors (Lipinski definition) is 2. The highest BCUT2D eigenvalue weighted by Gasteiger charge is 2.18. The summed E-state index contributed by atoms with van der Waals surface area (Å²) in [5.74, 6) is 0. The van der Waals surface area contributed by atoms with Crippen LogP contribution in [0, 0.1) is 0 Å². The zero-order valence-electron chi connectivity index (χ0n) is 10.4. The Morgan fingerprint density at radius 3 is 2.62 bits per heavy atom. The molecule has 0 heterocycles. The summed E-state index contributed by atoms with van der Waals surface area (Å²) in [6.07, 6.45) is 6.89. The molecule has 1 aliphatic rings. The third-order valence-corrected chi connectivity index (χ3v) is 3.66. The number of rotatable bonds is 3. The quantitative estimate of drug-likeness (QED) is 0.835. The van der Waals surface area contributed by atoms with E-state index in [1.807, 2.05) is 7.05 Å². The van der Waals surface area contributed by atoms with Crippen molar-refractivity contribution < 1.29 is 0 Å². The van der Waals surface area contributed by atoms with E-state index in [9.17, 15) is 0 Å². The molecule has 0 saturated heterocycles. The fourth-order valence-corrected chi connectivity index (χ4v) is 2.56. The third-order valence-electron chi connectivity index (χ3n) is 3.66. The van der Waals surface area contributed by atoms with Crippen molar-refractivity contribution in [1.29, 1.82) is 0 Å². The normalized spacial score (nSPS) is 17.1. The Hall–Kier alpha value is -1.18. The van der Waals surface area contributed by atoms with Crippen LogP contribution in [0.25, 0.3) is 0 Å². The summed E-state index contributed by atoms with van der Waals surface area (Å²) < 4.78 is 0. The molecular weight excluding hydrogens is 196 g/mol. The van der Waals surface area contributed by atoms with Crippen molar-refractivity contribution in [3.05, 3.63) is 24.3 Å². The van der Waals surface area contributed by atoms with E-state index in [2.05, 4.69) is 41.5 Å². The maximum Gasteiger partial charge on any atom is 0.0386 e. The Labute approximate surface area is 98.7 Å². The van der Waals surface area contributed by atoms with Gasteiger partial charge in [0.15, 0.2) is 0 Å². The molecule has 1 aromatic rings. The molecule has 2 heteroatoms. The minimum Gasteiger partial charge on any atom is -0.388 e. The minimum atomic E-state index is 0.737. The van der Waals surface area contributed by atoms with Gasteiger partial charge in [-0.05, 0) is 31.0 Å². The zero-order valence-corrected chi connectivity index (χ0v) is 10.4. The summed E-state index contributed by atoms with van der Waals surface area (Å²) in [7, 11) is 4.20. The second-order valence-corrected chi connectivity index (χ2v) is 4.70. The van der Waals surface area contributed by atoms with Crippen molar-refractivity contribution in [2.75, 3.05) is 24.3 Å². The smallest absolute Gasteiger partial charge is 0.0386 e. The van der Waals surface area contributed by atoms with E-state index in [0.29, 0.717) is 0 Å². The minimum absolute atomic E-state index is 0.737. The molecule has 0 bridgehead atoms. The monoisotopic (exact) mass is 218 g/mol. The Morgan fingerprint density at radius 2 is 1.94 bits per heavy atom. The maximum absolute atomic E-state index is 3.20. The average molecular weight is 218 g/mol. The first-order valence-electron chi connectivity index (χ1n) is 6.32. The van der Waals surface area contributed by atoms with E-state index >= 15 is 0 Å². The predicted molar refractivity (Wildman–Crippen MR) is 71.3 cm³/mol. The Kier molecular flexibility index (Phi) is 3.70. The van der Waals surface area contributed by atoms with Crippen molar-refractivity contribution >= 4 is 11.4 Å². The molecule has 0 spiro atoms. The predicted octanol–water partition coefficient (Wildman–Crippen LogP) is 3.50. The van der Waals surface area contributed by atoms with Crippen LogP contribution in [0.5, 0.6) is 0 Å². The molecule has 0 unspecified atom stereocenters. The molecule has 1 fully saturated rings. The Bertz CT molecular complexity index is 329. The van der Waals surface area contributed by atoms with Crippen molar-refractivity contribution in [3.8, 4) is 0 Å². The molecule has 1 aromatic carbocycles. The second-order valence-electron chi connectivity index (χ2n) is 4.70. The van der Waals surface area contributed by atoms with E-state index in [1.54, 1.807) is 0 Å². The van der Waals surface area contributed by atoms with E-state index in [1.165, 1.54) is 43.5 Å². The van der Waals surface area contributed by atoms with Gasteiger partial charge in [-0.2, -0.15) is 0 Å². The van der Waals surface area contributed by atoms with Gasteiger partial charge in [-0.25, -0.2) is 0 Å². The highest BCUT2D eigenvalue weighted by molar-refractivity contribution is 5.58. The van der Waals surface area contributed by atoms with Gasteiger partial charge in [-0.15, -0.1) is 0 Å². The van der Waals surface area contributed by atoms with Crippen LogP contribution in [0.4, 0.5) is 11.4 Å². The molecular formula is C14H22N2. The molecule has 0 aromatic heterocycles. The molecule has 2 rings (SSSR count). The fraction of sp³-hybridized carbons (Fsp3) is 0.571. The number of nitrogens with zero attached hydrogens (tertiary/aromatic N) is 1. The molecule has 1 saturated carbocycles. The molecule has 88 valence electrons. The first-order chi connectivity index (χ1) is 7.81. The molecule has 0 radical (unpaired) electrons. The number of hydrogen-bond donors (Lipinski definition) is 1. The van der Waals surface area contributed by atoms with Gasteiger partial charge in [-0.1, -0.05) is 25.3 Å². The van der Waals surface area contributed by atoms with E-state index in [-0.39, 0.29) is 0 Å². The molecule has 0 atom stereocenters. The first-order valence-corrected chi connectivity index (χ1v) is 6.32. The first kappa shape index (κ1) is 11.3. The van der Waals surface area contributed by atoms with Gasteiger partial charge in [0, 0.05) is 31.5 Å². The average Bonchev–Trinajstić information content (AvgIpc) is 2.39. The summed E-state index contributed by atoms with van der Waals surface area (Å²) in [6, 6.07) is 9.41. The molecule has 2 nitrogen and oxygen atoms in total. The lowest BCUT2D eigenvalue weighted by molar-refractivity contribution is 0.427. The summed E-state index contributed by atoms with van der Waals surface area (Å²) in [5, 5.41) is 3.20. The molecule has 16 heavy (non-hydrogen) atoms. The van der Waals surface area contributed by atoms with Gasteiger partial charge in [0.2, 0.25) is 0 Å². The maximum atomic E-state index is 3.20. The summed E-state index contributed by atoms with van der Waals surface area (Å²) in [6.45, 7) is 0. The standard InChI is InChI=1S/C14H22N2/c1-15-12-7-6-10-14(11-12)16(2)13-8-4-3-5-9-13/h6-7,10-11,13,15H,3-5,8-9H2,1-2H3. The van der Waals surface area contributed by atoms with Crippen LogP contribution in [0.1, 0.15) is 32.1 Å². The van der Waals surface area contributed by atoms with Gasteiger partial charge >= 0.3 is 0 Å². The highest BCUT2D eigenvalue weighted by Crippen LogP contribution is 2.27. The SMILES string of the molecule is CNc1cccc(N(C)C2CCCCC2)c1. The van der Waals surface area contributed by atoms with Gasteiger partial charge in [0.25, 0.3) is 0 Å². The largest absolute Gasteiger partial charge is 0.388 e. The number of nitrogens with one attached hydrogen (secondary N) is 1. The van der Waals surface area contributed by atoms with Crippen LogP contribution < -0.4 is 10.2 Å². The number of anilines is 2.